The molecule has 0 aliphatic heterocycles. The lowest BCUT2D eigenvalue weighted by Gasteiger charge is -2.12. The molecule has 178 valence electrons. The molecule has 4 rings (SSSR count). The van der Waals surface area contributed by atoms with Gasteiger partial charge in [0, 0.05) is 17.1 Å². The Bertz CT molecular complexity index is 1390. The molecule has 1 amide bonds. The zero-order valence-corrected chi connectivity index (χ0v) is 21.7. The lowest BCUT2D eigenvalue weighted by Crippen LogP contribution is -2.32. The van der Waals surface area contributed by atoms with Crippen LogP contribution in [0.2, 0.25) is 0 Å². The number of aryl methyl sites for hydroxylation is 4. The molecule has 3 aromatic heterocycles. The second-order valence-electron chi connectivity index (χ2n) is 8.48. The molecule has 34 heavy (non-hydrogen) atoms. The highest BCUT2D eigenvalue weighted by atomic mass is 32.2. The molecule has 0 aliphatic carbocycles. The summed E-state index contributed by atoms with van der Waals surface area (Å²) in [6.07, 6.45) is 0.753. The Kier molecular flexibility index (Phi) is 7.23. The summed E-state index contributed by atoms with van der Waals surface area (Å²) >= 11 is 3.00. The number of hydrogen-bond acceptors (Lipinski definition) is 6. The van der Waals surface area contributed by atoms with E-state index < -0.39 is 0 Å². The molecule has 2 N–H and O–H groups in total. The van der Waals surface area contributed by atoms with Gasteiger partial charge in [-0.2, -0.15) is 5.10 Å². The molecular formula is C25H29N5O2S2. The van der Waals surface area contributed by atoms with Gasteiger partial charge in [-0.25, -0.2) is 9.67 Å². The smallest absolute Gasteiger partial charge is 0.259 e. The summed E-state index contributed by atoms with van der Waals surface area (Å²) in [4.78, 5) is 34.3. The van der Waals surface area contributed by atoms with Crippen molar-refractivity contribution in [2.75, 3.05) is 6.54 Å². The largest absolute Gasteiger partial charge is 0.355 e. The van der Waals surface area contributed by atoms with Crippen LogP contribution in [0.3, 0.4) is 0 Å². The minimum atomic E-state index is -0.249. The number of thioether (sulfide) groups is 1. The van der Waals surface area contributed by atoms with Crippen molar-refractivity contribution in [1.29, 1.82) is 0 Å². The Labute approximate surface area is 207 Å². The standard InChI is InChI=1S/C25H29N5O2S2/c1-14-12-15(2)30(29-14)20-8-6-19(7-9-20)10-11-26-23(31)18(5)33-13-21-27-24(32)22-16(3)17(4)34-25(22)28-21/h6-9,12,18H,10-11,13H2,1-5H3,(H,26,31)(H,27,28,32). The number of fused-ring (bicyclic) bond motifs is 1. The van der Waals surface area contributed by atoms with Gasteiger partial charge in [0.25, 0.3) is 5.56 Å². The van der Waals surface area contributed by atoms with E-state index in [4.69, 9.17) is 0 Å². The molecule has 4 aromatic rings. The number of thiophene rings is 1. The zero-order chi connectivity index (χ0) is 24.4. The maximum atomic E-state index is 12.5. The molecule has 0 bridgehead atoms. The van der Waals surface area contributed by atoms with Crippen LogP contribution < -0.4 is 10.9 Å². The highest BCUT2D eigenvalue weighted by molar-refractivity contribution is 7.99. The molecule has 0 aliphatic rings. The molecule has 0 fully saturated rings. The van der Waals surface area contributed by atoms with Gasteiger partial charge in [0.2, 0.25) is 5.91 Å². The Morgan fingerprint density at radius 2 is 1.94 bits per heavy atom. The number of amides is 1. The minimum absolute atomic E-state index is 0.0181. The third-order valence-electron chi connectivity index (χ3n) is 5.83. The number of aromatic amines is 1. The first-order valence-electron chi connectivity index (χ1n) is 11.2. The number of carbonyl (C=O) groups is 1. The van der Waals surface area contributed by atoms with Crippen LogP contribution in [0.5, 0.6) is 0 Å². The van der Waals surface area contributed by atoms with E-state index in [1.165, 1.54) is 23.1 Å². The van der Waals surface area contributed by atoms with Gasteiger partial charge in [0.05, 0.1) is 27.8 Å². The molecule has 1 aromatic carbocycles. The van der Waals surface area contributed by atoms with Crippen LogP contribution in [0.4, 0.5) is 0 Å². The molecule has 0 spiro atoms. The van der Waals surface area contributed by atoms with Crippen LogP contribution in [0, 0.1) is 27.7 Å². The summed E-state index contributed by atoms with van der Waals surface area (Å²) < 4.78 is 1.93. The van der Waals surface area contributed by atoms with Gasteiger partial charge in [0.1, 0.15) is 10.7 Å². The molecule has 1 atom stereocenters. The van der Waals surface area contributed by atoms with Crippen LogP contribution in [-0.2, 0) is 17.0 Å². The van der Waals surface area contributed by atoms with Crippen molar-refractivity contribution >= 4 is 39.2 Å². The fraction of sp³-hybridized carbons (Fsp3) is 0.360. The van der Waals surface area contributed by atoms with Crippen molar-refractivity contribution in [2.45, 2.75) is 52.0 Å². The second kappa shape index (κ2) is 10.1. The van der Waals surface area contributed by atoms with Gasteiger partial charge in [-0.05, 0) is 70.4 Å². The van der Waals surface area contributed by atoms with E-state index >= 15 is 0 Å². The van der Waals surface area contributed by atoms with E-state index in [1.807, 2.05) is 39.3 Å². The average Bonchev–Trinajstić information content (AvgIpc) is 3.29. The summed E-state index contributed by atoms with van der Waals surface area (Å²) in [6.45, 7) is 10.4. The lowest BCUT2D eigenvalue weighted by atomic mass is 10.1. The number of nitrogens with one attached hydrogen (secondary N) is 2. The van der Waals surface area contributed by atoms with Crippen molar-refractivity contribution in [1.82, 2.24) is 25.1 Å². The first kappa shape index (κ1) is 24.2. The molecule has 7 nitrogen and oxygen atoms in total. The third kappa shape index (κ3) is 5.26. The first-order valence-corrected chi connectivity index (χ1v) is 13.1. The van der Waals surface area contributed by atoms with Crippen molar-refractivity contribution in [2.24, 2.45) is 0 Å². The zero-order valence-electron chi connectivity index (χ0n) is 20.1. The van der Waals surface area contributed by atoms with Crippen molar-refractivity contribution < 1.29 is 4.79 Å². The van der Waals surface area contributed by atoms with Gasteiger partial charge < -0.3 is 10.3 Å². The van der Waals surface area contributed by atoms with Crippen LogP contribution >= 0.6 is 23.1 Å². The number of benzene rings is 1. The predicted octanol–water partition coefficient (Wildman–Crippen LogP) is 4.38. The van der Waals surface area contributed by atoms with E-state index in [2.05, 4.69) is 50.7 Å². The summed E-state index contributed by atoms with van der Waals surface area (Å²) in [7, 11) is 0. The molecule has 1 unspecified atom stereocenters. The predicted molar refractivity (Wildman–Crippen MR) is 140 cm³/mol. The number of aromatic nitrogens is 4. The lowest BCUT2D eigenvalue weighted by molar-refractivity contribution is -0.120. The monoisotopic (exact) mass is 495 g/mol. The molecule has 0 saturated heterocycles. The highest BCUT2D eigenvalue weighted by Crippen LogP contribution is 2.26. The maximum Gasteiger partial charge on any atom is 0.259 e. The van der Waals surface area contributed by atoms with E-state index in [9.17, 15) is 9.59 Å². The van der Waals surface area contributed by atoms with Gasteiger partial charge >= 0.3 is 0 Å². The Balaban J connectivity index is 1.27. The van der Waals surface area contributed by atoms with E-state index in [0.29, 0.717) is 23.5 Å². The third-order valence-corrected chi connectivity index (χ3v) is 8.09. The first-order chi connectivity index (χ1) is 16.2. The Hall–Kier alpha value is -2.91. The summed E-state index contributed by atoms with van der Waals surface area (Å²) in [5.74, 6) is 1.06. The maximum absolute atomic E-state index is 12.5. The van der Waals surface area contributed by atoms with Gasteiger partial charge in [-0.1, -0.05) is 12.1 Å². The topological polar surface area (TPSA) is 92.7 Å². The van der Waals surface area contributed by atoms with Crippen molar-refractivity contribution in [3.8, 4) is 5.69 Å². The molecular weight excluding hydrogens is 466 g/mol. The van der Waals surface area contributed by atoms with Crippen LogP contribution in [0.1, 0.15) is 40.1 Å². The highest BCUT2D eigenvalue weighted by Gasteiger charge is 2.16. The Morgan fingerprint density at radius 1 is 1.21 bits per heavy atom. The van der Waals surface area contributed by atoms with E-state index in [1.54, 1.807) is 0 Å². The van der Waals surface area contributed by atoms with Crippen LogP contribution in [-0.4, -0.2) is 37.5 Å². The number of rotatable bonds is 8. The van der Waals surface area contributed by atoms with E-state index in [0.717, 1.165) is 44.3 Å². The summed E-state index contributed by atoms with van der Waals surface area (Å²) in [6, 6.07) is 10.3. The molecule has 3 heterocycles. The van der Waals surface area contributed by atoms with Crippen molar-refractivity contribution in [3.05, 3.63) is 73.9 Å². The Morgan fingerprint density at radius 3 is 2.62 bits per heavy atom. The van der Waals surface area contributed by atoms with E-state index in [-0.39, 0.29) is 16.7 Å². The number of H-pyrrole nitrogens is 1. The molecule has 9 heteroatoms. The number of nitrogens with zero attached hydrogens (tertiary/aromatic N) is 3. The summed E-state index contributed by atoms with van der Waals surface area (Å²) in [5, 5.41) is 7.95. The van der Waals surface area contributed by atoms with Crippen LogP contribution in [0.15, 0.2) is 35.1 Å². The van der Waals surface area contributed by atoms with Gasteiger partial charge in [0.15, 0.2) is 0 Å². The molecule has 0 radical (unpaired) electrons. The quantitative estimate of drug-likeness (QED) is 0.378. The van der Waals surface area contributed by atoms with Gasteiger partial charge in [-0.15, -0.1) is 23.1 Å². The number of carbonyl (C=O) groups excluding carboxylic acids is 1. The fourth-order valence-electron chi connectivity index (χ4n) is 3.82. The van der Waals surface area contributed by atoms with Crippen LogP contribution in [0.25, 0.3) is 15.9 Å². The average molecular weight is 496 g/mol. The fourth-order valence-corrected chi connectivity index (χ4v) is 5.64. The SMILES string of the molecule is Cc1cc(C)n(-c2ccc(CCNC(=O)C(C)SCc3nc4sc(C)c(C)c4c(=O)[nH]3)cc2)n1. The van der Waals surface area contributed by atoms with Crippen molar-refractivity contribution in [3.63, 3.8) is 0 Å². The minimum Gasteiger partial charge on any atom is -0.355 e. The normalized spacial score (nSPS) is 12.3. The van der Waals surface area contributed by atoms with Gasteiger partial charge in [-0.3, -0.25) is 9.59 Å². The summed E-state index contributed by atoms with van der Waals surface area (Å²) in [5.41, 5.74) is 5.16. The second-order valence-corrected chi connectivity index (χ2v) is 11.0. The molecule has 0 saturated carbocycles. The number of hydrogen-bond donors (Lipinski definition) is 2.